The molecule has 17 heavy (non-hydrogen) atoms. The quantitative estimate of drug-likeness (QED) is 0.799. The average molecular weight is 232 g/mol. The molecular formula is C14H20N2O. The van der Waals surface area contributed by atoms with Crippen molar-refractivity contribution in [2.24, 2.45) is 5.92 Å². The summed E-state index contributed by atoms with van der Waals surface area (Å²) < 4.78 is 0. The Kier molecular flexibility index (Phi) is 4.13. The number of rotatable bonds is 4. The van der Waals surface area contributed by atoms with Crippen LogP contribution in [-0.4, -0.2) is 22.8 Å². The van der Waals surface area contributed by atoms with Gasteiger partial charge in [-0.2, -0.15) is 0 Å². The molecule has 3 nitrogen and oxygen atoms in total. The molecule has 1 aliphatic carbocycles. The summed E-state index contributed by atoms with van der Waals surface area (Å²) in [5, 5.41) is 0. The van der Waals surface area contributed by atoms with Crippen LogP contribution in [0.4, 0.5) is 0 Å². The van der Waals surface area contributed by atoms with Gasteiger partial charge in [0, 0.05) is 32.4 Å². The zero-order valence-corrected chi connectivity index (χ0v) is 10.4. The van der Waals surface area contributed by atoms with E-state index in [1.165, 1.54) is 25.7 Å². The number of carbonyl (C=O) groups excluding carboxylic acids is 1. The number of pyridine rings is 1. The van der Waals surface area contributed by atoms with Crippen molar-refractivity contribution in [3.63, 3.8) is 0 Å². The molecule has 0 aliphatic heterocycles. The van der Waals surface area contributed by atoms with Crippen LogP contribution in [0.1, 0.15) is 37.7 Å². The van der Waals surface area contributed by atoms with Gasteiger partial charge in [-0.25, -0.2) is 0 Å². The molecule has 1 aromatic heterocycles. The molecule has 1 aliphatic rings. The van der Waals surface area contributed by atoms with Crippen LogP contribution in [0.3, 0.4) is 0 Å². The summed E-state index contributed by atoms with van der Waals surface area (Å²) in [6.07, 6.45) is 9.34. The van der Waals surface area contributed by atoms with Crippen LogP contribution in [0, 0.1) is 5.92 Å². The van der Waals surface area contributed by atoms with Crippen LogP contribution in [-0.2, 0) is 11.3 Å². The predicted octanol–water partition coefficient (Wildman–Crippen LogP) is 2.62. The number of hydrogen-bond donors (Lipinski definition) is 0. The maximum absolute atomic E-state index is 12.0. The number of nitrogens with zero attached hydrogens (tertiary/aromatic N) is 2. The minimum atomic E-state index is 0.265. The Labute approximate surface area is 103 Å². The Hall–Kier alpha value is -1.38. The Morgan fingerprint density at radius 1 is 1.47 bits per heavy atom. The molecule has 0 atom stereocenters. The largest absolute Gasteiger partial charge is 0.341 e. The van der Waals surface area contributed by atoms with Gasteiger partial charge in [-0.1, -0.05) is 18.9 Å². The summed E-state index contributed by atoms with van der Waals surface area (Å²) in [5.74, 6) is 0.889. The topological polar surface area (TPSA) is 33.2 Å². The lowest BCUT2D eigenvalue weighted by molar-refractivity contribution is -0.131. The number of carbonyl (C=O) groups is 1. The maximum Gasteiger partial charge on any atom is 0.222 e. The van der Waals surface area contributed by atoms with Gasteiger partial charge in [0.15, 0.2) is 0 Å². The second-order valence-electron chi connectivity index (χ2n) is 4.97. The van der Waals surface area contributed by atoms with Crippen molar-refractivity contribution in [3.05, 3.63) is 30.1 Å². The van der Waals surface area contributed by atoms with Crippen LogP contribution in [0.2, 0.25) is 0 Å². The minimum absolute atomic E-state index is 0.265. The molecule has 92 valence electrons. The lowest BCUT2D eigenvalue weighted by Crippen LogP contribution is -2.27. The van der Waals surface area contributed by atoms with Gasteiger partial charge in [0.2, 0.25) is 5.91 Å². The fourth-order valence-corrected chi connectivity index (χ4v) is 2.47. The highest BCUT2D eigenvalue weighted by molar-refractivity contribution is 5.76. The number of aromatic nitrogens is 1. The lowest BCUT2D eigenvalue weighted by atomic mass is 10.0. The van der Waals surface area contributed by atoms with Gasteiger partial charge in [0.25, 0.3) is 0 Å². The van der Waals surface area contributed by atoms with Crippen molar-refractivity contribution in [1.82, 2.24) is 9.88 Å². The molecule has 0 radical (unpaired) electrons. The van der Waals surface area contributed by atoms with Crippen molar-refractivity contribution >= 4 is 5.91 Å². The normalized spacial score (nSPS) is 16.1. The van der Waals surface area contributed by atoms with Crippen LogP contribution >= 0.6 is 0 Å². The smallest absolute Gasteiger partial charge is 0.222 e. The van der Waals surface area contributed by atoms with E-state index in [2.05, 4.69) is 4.98 Å². The van der Waals surface area contributed by atoms with Crippen LogP contribution in [0.25, 0.3) is 0 Å². The van der Waals surface area contributed by atoms with Gasteiger partial charge in [-0.15, -0.1) is 0 Å². The van der Waals surface area contributed by atoms with Crippen LogP contribution < -0.4 is 0 Å². The molecule has 0 bridgehead atoms. The van der Waals surface area contributed by atoms with E-state index in [-0.39, 0.29) is 5.91 Å². The van der Waals surface area contributed by atoms with E-state index in [4.69, 9.17) is 0 Å². The third-order valence-corrected chi connectivity index (χ3v) is 3.51. The highest BCUT2D eigenvalue weighted by Gasteiger charge is 2.20. The Balaban J connectivity index is 1.82. The van der Waals surface area contributed by atoms with E-state index in [0.717, 1.165) is 12.0 Å². The first kappa shape index (κ1) is 12.1. The Morgan fingerprint density at radius 3 is 2.88 bits per heavy atom. The van der Waals surface area contributed by atoms with Crippen LogP contribution in [0.5, 0.6) is 0 Å². The number of amides is 1. The summed E-state index contributed by atoms with van der Waals surface area (Å²) in [6, 6.07) is 3.91. The van der Waals surface area contributed by atoms with Crippen molar-refractivity contribution in [2.75, 3.05) is 7.05 Å². The Bertz CT molecular complexity index is 358. The van der Waals surface area contributed by atoms with Gasteiger partial charge in [0.05, 0.1) is 0 Å². The fraction of sp³-hybridized carbons (Fsp3) is 0.571. The van der Waals surface area contributed by atoms with E-state index in [1.807, 2.05) is 30.3 Å². The van der Waals surface area contributed by atoms with Gasteiger partial charge in [0.1, 0.15) is 0 Å². The van der Waals surface area contributed by atoms with Crippen LogP contribution in [0.15, 0.2) is 24.5 Å². The van der Waals surface area contributed by atoms with E-state index in [1.54, 1.807) is 6.20 Å². The second kappa shape index (κ2) is 5.80. The van der Waals surface area contributed by atoms with Crippen molar-refractivity contribution in [2.45, 2.75) is 38.6 Å². The molecule has 1 heterocycles. The molecular weight excluding hydrogens is 212 g/mol. The predicted molar refractivity (Wildman–Crippen MR) is 67.3 cm³/mol. The molecule has 3 heteroatoms. The molecule has 1 saturated carbocycles. The average Bonchev–Trinajstić information content (AvgIpc) is 2.83. The molecule has 0 unspecified atom stereocenters. The zero-order valence-electron chi connectivity index (χ0n) is 10.4. The summed E-state index contributed by atoms with van der Waals surface area (Å²) in [4.78, 5) is 17.9. The van der Waals surface area contributed by atoms with Gasteiger partial charge >= 0.3 is 0 Å². The molecule has 0 saturated heterocycles. The molecule has 1 aromatic rings. The first-order valence-corrected chi connectivity index (χ1v) is 6.38. The summed E-state index contributed by atoms with van der Waals surface area (Å²) in [6.45, 7) is 0.666. The van der Waals surface area contributed by atoms with E-state index in [0.29, 0.717) is 12.5 Å². The summed E-state index contributed by atoms with van der Waals surface area (Å²) >= 11 is 0. The third-order valence-electron chi connectivity index (χ3n) is 3.51. The van der Waals surface area contributed by atoms with Crippen molar-refractivity contribution < 1.29 is 4.79 Å². The molecule has 0 spiro atoms. The zero-order chi connectivity index (χ0) is 12.1. The SMILES string of the molecule is CN(Cc1cccnc1)C(=O)CC1CCCC1. The van der Waals surface area contributed by atoms with E-state index in [9.17, 15) is 4.79 Å². The third kappa shape index (κ3) is 3.55. The maximum atomic E-state index is 12.0. The van der Waals surface area contributed by atoms with Gasteiger partial charge < -0.3 is 4.90 Å². The monoisotopic (exact) mass is 232 g/mol. The summed E-state index contributed by atoms with van der Waals surface area (Å²) in [7, 11) is 1.88. The molecule has 1 fully saturated rings. The second-order valence-corrected chi connectivity index (χ2v) is 4.97. The van der Waals surface area contributed by atoms with E-state index < -0.39 is 0 Å². The molecule has 0 aromatic carbocycles. The highest BCUT2D eigenvalue weighted by atomic mass is 16.2. The summed E-state index contributed by atoms with van der Waals surface area (Å²) in [5.41, 5.74) is 1.09. The standard InChI is InChI=1S/C14H20N2O/c1-16(11-13-7-4-8-15-10-13)14(17)9-12-5-2-3-6-12/h4,7-8,10,12H,2-3,5-6,9,11H2,1H3. The van der Waals surface area contributed by atoms with Gasteiger partial charge in [-0.05, 0) is 30.4 Å². The highest BCUT2D eigenvalue weighted by Crippen LogP contribution is 2.28. The molecule has 1 amide bonds. The van der Waals surface area contributed by atoms with Gasteiger partial charge in [-0.3, -0.25) is 9.78 Å². The Morgan fingerprint density at radius 2 is 2.24 bits per heavy atom. The molecule has 2 rings (SSSR count). The number of hydrogen-bond acceptors (Lipinski definition) is 2. The van der Waals surface area contributed by atoms with Crippen molar-refractivity contribution in [1.29, 1.82) is 0 Å². The van der Waals surface area contributed by atoms with Crippen molar-refractivity contribution in [3.8, 4) is 0 Å². The van der Waals surface area contributed by atoms with E-state index >= 15 is 0 Å². The fourth-order valence-electron chi connectivity index (χ4n) is 2.47. The first-order chi connectivity index (χ1) is 8.25. The lowest BCUT2D eigenvalue weighted by Gasteiger charge is -2.19. The first-order valence-electron chi connectivity index (χ1n) is 6.38. The molecule has 0 N–H and O–H groups in total. The minimum Gasteiger partial charge on any atom is -0.341 e.